The molecule has 3 aromatic rings. The van der Waals surface area contributed by atoms with Crippen LogP contribution in [0.3, 0.4) is 0 Å². The first-order valence-corrected chi connectivity index (χ1v) is 11.7. The van der Waals surface area contributed by atoms with Gasteiger partial charge in [0, 0.05) is 12.5 Å². The van der Waals surface area contributed by atoms with Crippen LogP contribution < -0.4 is 10.6 Å². The van der Waals surface area contributed by atoms with Gasteiger partial charge in [-0.15, -0.1) is 0 Å². The number of hydrogen-bond acceptors (Lipinski definition) is 4. The van der Waals surface area contributed by atoms with Crippen LogP contribution in [0.2, 0.25) is 0 Å². The number of ether oxygens (including phenoxy) is 1. The third kappa shape index (κ3) is 4.62. The van der Waals surface area contributed by atoms with Gasteiger partial charge in [-0.2, -0.15) is 0 Å². The number of alkyl carbamates (subject to hydrolysis) is 1. The van der Waals surface area contributed by atoms with Crippen LogP contribution in [0.5, 0.6) is 0 Å². The number of carbonyl (C=O) groups is 3. The molecule has 0 heterocycles. The van der Waals surface area contributed by atoms with Crippen LogP contribution in [-0.2, 0) is 16.0 Å². The smallest absolute Gasteiger partial charge is 0.408 e. The largest absolute Gasteiger partial charge is 0.478 e. The average Bonchev–Trinajstić information content (AvgIpc) is 3.58. The molecule has 2 amide bonds. The third-order valence-corrected chi connectivity index (χ3v) is 6.77. The molecule has 1 saturated carbocycles. The van der Waals surface area contributed by atoms with Gasteiger partial charge in [0.1, 0.15) is 12.1 Å². The fraction of sp³-hybridized carbons (Fsp3) is 0.250. The molecule has 3 aromatic carbocycles. The van der Waals surface area contributed by atoms with E-state index in [0.717, 1.165) is 27.8 Å². The molecule has 7 heteroatoms. The van der Waals surface area contributed by atoms with Crippen molar-refractivity contribution in [3.8, 4) is 11.1 Å². The van der Waals surface area contributed by atoms with Gasteiger partial charge in [0.15, 0.2) is 0 Å². The van der Waals surface area contributed by atoms with E-state index in [1.807, 2.05) is 24.3 Å². The lowest BCUT2D eigenvalue weighted by Gasteiger charge is -2.19. The number of amides is 2. The zero-order valence-electron chi connectivity index (χ0n) is 19.1. The van der Waals surface area contributed by atoms with E-state index in [1.165, 1.54) is 0 Å². The number of carbonyl (C=O) groups excluding carboxylic acids is 2. The number of nitrogens with one attached hydrogen (secondary N) is 2. The van der Waals surface area contributed by atoms with E-state index in [1.54, 1.807) is 24.3 Å². The van der Waals surface area contributed by atoms with Crippen molar-refractivity contribution in [1.29, 1.82) is 0 Å². The van der Waals surface area contributed by atoms with Crippen molar-refractivity contribution in [2.24, 2.45) is 0 Å². The van der Waals surface area contributed by atoms with Crippen LogP contribution in [0.15, 0.2) is 72.8 Å². The van der Waals surface area contributed by atoms with Crippen LogP contribution in [0, 0.1) is 0 Å². The van der Waals surface area contributed by atoms with Gasteiger partial charge in [-0.05, 0) is 59.2 Å². The van der Waals surface area contributed by atoms with Gasteiger partial charge < -0.3 is 20.5 Å². The summed E-state index contributed by atoms with van der Waals surface area (Å²) in [5.74, 6) is -1.24. The van der Waals surface area contributed by atoms with Gasteiger partial charge in [0.25, 0.3) is 0 Å². The van der Waals surface area contributed by atoms with Gasteiger partial charge in [0.2, 0.25) is 5.91 Å². The molecule has 2 aliphatic rings. The fourth-order valence-electron chi connectivity index (χ4n) is 4.67. The summed E-state index contributed by atoms with van der Waals surface area (Å²) in [7, 11) is 0. The van der Waals surface area contributed by atoms with Crippen LogP contribution in [-0.4, -0.2) is 41.8 Å². The van der Waals surface area contributed by atoms with E-state index in [9.17, 15) is 14.4 Å². The van der Waals surface area contributed by atoms with E-state index in [2.05, 4.69) is 34.9 Å². The summed E-state index contributed by atoms with van der Waals surface area (Å²) in [4.78, 5) is 36.3. The maximum absolute atomic E-state index is 12.7. The highest BCUT2D eigenvalue weighted by Gasteiger charge is 2.51. The molecule has 0 aliphatic heterocycles. The zero-order valence-corrected chi connectivity index (χ0v) is 19.1. The lowest BCUT2D eigenvalue weighted by molar-refractivity contribution is -0.124. The Morgan fingerprint density at radius 2 is 1.49 bits per heavy atom. The maximum Gasteiger partial charge on any atom is 0.408 e. The van der Waals surface area contributed by atoms with Crippen molar-refractivity contribution in [3.05, 3.63) is 95.1 Å². The quantitative estimate of drug-likeness (QED) is 0.460. The van der Waals surface area contributed by atoms with E-state index in [0.29, 0.717) is 25.8 Å². The Kier molecular flexibility index (Phi) is 5.99. The van der Waals surface area contributed by atoms with Crippen molar-refractivity contribution < 1.29 is 24.2 Å². The number of carboxylic acid groups (broad SMARTS) is 1. The normalized spacial score (nSPS) is 15.0. The highest BCUT2D eigenvalue weighted by atomic mass is 16.5. The van der Waals surface area contributed by atoms with Crippen LogP contribution in [0.1, 0.15) is 45.8 Å². The third-order valence-electron chi connectivity index (χ3n) is 6.77. The Morgan fingerprint density at radius 1 is 0.886 bits per heavy atom. The summed E-state index contributed by atoms with van der Waals surface area (Å²) in [6.45, 7) is 0.587. The molecule has 3 N–H and O–H groups in total. The monoisotopic (exact) mass is 470 g/mol. The minimum absolute atomic E-state index is 0.0374. The van der Waals surface area contributed by atoms with Crippen molar-refractivity contribution in [2.45, 2.75) is 30.7 Å². The van der Waals surface area contributed by atoms with Gasteiger partial charge in [-0.25, -0.2) is 9.59 Å². The molecule has 35 heavy (non-hydrogen) atoms. The second kappa shape index (κ2) is 9.25. The summed E-state index contributed by atoms with van der Waals surface area (Å²) in [5.41, 5.74) is 4.82. The van der Waals surface area contributed by atoms with Crippen molar-refractivity contribution in [1.82, 2.24) is 10.6 Å². The Labute approximate surface area is 203 Å². The first-order valence-electron chi connectivity index (χ1n) is 11.7. The van der Waals surface area contributed by atoms with Gasteiger partial charge in [-0.1, -0.05) is 60.7 Å². The number of carboxylic acids is 1. The first kappa shape index (κ1) is 22.7. The Hall–Kier alpha value is -4.13. The zero-order chi connectivity index (χ0) is 24.4. The van der Waals surface area contributed by atoms with Crippen LogP contribution in [0.4, 0.5) is 4.79 Å². The van der Waals surface area contributed by atoms with Crippen molar-refractivity contribution >= 4 is 18.0 Å². The molecule has 0 unspecified atom stereocenters. The number of hydrogen-bond donors (Lipinski definition) is 3. The molecule has 0 atom stereocenters. The summed E-state index contributed by atoms with van der Waals surface area (Å²) in [6, 6.07) is 22.8. The van der Waals surface area contributed by atoms with Crippen LogP contribution in [0.25, 0.3) is 11.1 Å². The average molecular weight is 471 g/mol. The molecular formula is C28H26N2O5. The Morgan fingerprint density at radius 3 is 2.06 bits per heavy atom. The van der Waals surface area contributed by atoms with E-state index >= 15 is 0 Å². The van der Waals surface area contributed by atoms with E-state index in [4.69, 9.17) is 9.84 Å². The predicted molar refractivity (Wildman–Crippen MR) is 130 cm³/mol. The minimum atomic E-state index is -0.972. The van der Waals surface area contributed by atoms with Gasteiger partial charge >= 0.3 is 12.1 Å². The SMILES string of the molecule is O=C(NC1(C(=O)NCCc2ccc(C(=O)O)cc2)CC1)OCC1c2ccccc2-c2ccccc21. The topological polar surface area (TPSA) is 105 Å². The highest BCUT2D eigenvalue weighted by molar-refractivity contribution is 5.93. The van der Waals surface area contributed by atoms with Gasteiger partial charge in [-0.3, -0.25) is 4.79 Å². The minimum Gasteiger partial charge on any atom is -0.478 e. The molecule has 0 spiro atoms. The molecule has 0 aromatic heterocycles. The number of benzene rings is 3. The summed E-state index contributed by atoms with van der Waals surface area (Å²) >= 11 is 0. The molecular weight excluding hydrogens is 444 g/mol. The van der Waals surface area contributed by atoms with E-state index < -0.39 is 17.6 Å². The van der Waals surface area contributed by atoms with Crippen molar-refractivity contribution in [2.75, 3.05) is 13.2 Å². The second-order valence-corrected chi connectivity index (χ2v) is 9.04. The Bertz CT molecular complexity index is 1240. The molecule has 5 rings (SSSR count). The lowest BCUT2D eigenvalue weighted by atomic mass is 9.98. The summed E-state index contributed by atoms with van der Waals surface area (Å²) < 4.78 is 5.59. The molecule has 178 valence electrons. The second-order valence-electron chi connectivity index (χ2n) is 9.04. The molecule has 0 saturated heterocycles. The summed E-state index contributed by atoms with van der Waals surface area (Å²) in [5, 5.41) is 14.6. The van der Waals surface area contributed by atoms with Gasteiger partial charge in [0.05, 0.1) is 5.56 Å². The molecule has 7 nitrogen and oxygen atoms in total. The van der Waals surface area contributed by atoms with E-state index in [-0.39, 0.29) is 24.0 Å². The Balaban J connectivity index is 1.13. The summed E-state index contributed by atoms with van der Waals surface area (Å²) in [6.07, 6.45) is 1.10. The fourth-order valence-corrected chi connectivity index (χ4v) is 4.67. The van der Waals surface area contributed by atoms with Crippen molar-refractivity contribution in [3.63, 3.8) is 0 Å². The molecule has 0 bridgehead atoms. The molecule has 2 aliphatic carbocycles. The number of aromatic carboxylic acids is 1. The molecule has 0 radical (unpaired) electrons. The number of fused-ring (bicyclic) bond motifs is 3. The predicted octanol–water partition coefficient (Wildman–Crippen LogP) is 4.11. The molecule has 1 fully saturated rings. The highest BCUT2D eigenvalue weighted by Crippen LogP contribution is 2.44. The first-order chi connectivity index (χ1) is 17.0. The maximum atomic E-state index is 12.7. The standard InChI is InChI=1S/C28H26N2O5/c31-25(32)19-11-9-18(10-12-19)13-16-29-26(33)28(14-15-28)30-27(34)35-17-24-22-7-3-1-5-20(22)21-6-2-4-8-23(21)24/h1-12,24H,13-17H2,(H,29,33)(H,30,34)(H,31,32). The lowest BCUT2D eigenvalue weighted by Crippen LogP contribution is -2.49. The van der Waals surface area contributed by atoms with Crippen LogP contribution >= 0.6 is 0 Å². The number of rotatable bonds is 8.